The van der Waals surface area contributed by atoms with Crippen molar-refractivity contribution in [2.24, 2.45) is 0 Å². The molecule has 0 aliphatic carbocycles. The average Bonchev–Trinajstić information content (AvgIpc) is 1.85. The Labute approximate surface area is 72.3 Å². The maximum absolute atomic E-state index is 2.42. The van der Waals surface area contributed by atoms with Gasteiger partial charge >= 0.3 is 0 Å². The van der Waals surface area contributed by atoms with Crippen molar-refractivity contribution >= 4 is 21.8 Å². The van der Waals surface area contributed by atoms with E-state index in [0.717, 1.165) is 9.04 Å². The summed E-state index contributed by atoms with van der Waals surface area (Å²) in [5.74, 6) is 0. The third-order valence-electron chi connectivity index (χ3n) is 1.29. The maximum atomic E-state index is 2.42. The fraction of sp³-hybridized carbons (Fsp3) is 0.333. The van der Waals surface area contributed by atoms with Gasteiger partial charge in [-0.1, -0.05) is 55.2 Å². The Balaban J connectivity index is 2.66. The van der Waals surface area contributed by atoms with Crippen LogP contribution in [0.2, 0.25) is 19.6 Å². The summed E-state index contributed by atoms with van der Waals surface area (Å²) in [4.78, 5) is 0. The van der Waals surface area contributed by atoms with Crippen LogP contribution in [0.1, 0.15) is 0 Å². The van der Waals surface area contributed by atoms with Gasteiger partial charge in [0.15, 0.2) is 0 Å². The molecule has 1 rings (SSSR count). The lowest BCUT2D eigenvalue weighted by Gasteiger charge is -2.13. The van der Waals surface area contributed by atoms with E-state index < -0.39 is 7.59 Å². The minimum atomic E-state index is -0.870. The van der Waals surface area contributed by atoms with Crippen molar-refractivity contribution in [2.45, 2.75) is 19.6 Å². The van der Waals surface area contributed by atoms with E-state index in [1.54, 1.807) is 0 Å². The van der Waals surface area contributed by atoms with Crippen molar-refractivity contribution in [1.82, 2.24) is 0 Å². The molecule has 1 aromatic rings. The van der Waals surface area contributed by atoms with E-state index >= 15 is 0 Å². The lowest BCUT2D eigenvalue weighted by atomic mass is 10.4. The molecule has 58 valence electrons. The first-order valence-corrected chi connectivity index (χ1v) is 9.41. The van der Waals surface area contributed by atoms with Gasteiger partial charge in [0.2, 0.25) is 0 Å². The Morgan fingerprint density at radius 1 is 1.00 bits per heavy atom. The van der Waals surface area contributed by atoms with Gasteiger partial charge in [0.05, 0.1) is 9.04 Å². The molecule has 0 amide bonds. The molecule has 0 heterocycles. The van der Waals surface area contributed by atoms with Crippen molar-refractivity contribution in [3.63, 3.8) is 0 Å². The van der Waals surface area contributed by atoms with Gasteiger partial charge in [-0.2, -0.15) is 0 Å². The number of benzene rings is 1. The third-order valence-corrected chi connectivity index (χ3v) is 5.78. The summed E-state index contributed by atoms with van der Waals surface area (Å²) in [5, 5.41) is 1.52. The lowest BCUT2D eigenvalue weighted by molar-refractivity contribution is 1.76. The minimum Gasteiger partial charge on any atom is -0.0716 e. The third kappa shape index (κ3) is 3.53. The number of rotatable bonds is 2. The summed E-state index contributed by atoms with van der Waals surface area (Å²) in [7, 11) is 0.182. The van der Waals surface area contributed by atoms with Crippen molar-refractivity contribution < 1.29 is 0 Å². The number of hydrogen-bond donors (Lipinski definition) is 0. The van der Waals surface area contributed by atoms with Gasteiger partial charge in [-0.15, -0.1) is 0 Å². The standard InChI is InChI=1S/C9H14Si2/c1-11(2,3)10-9-7-5-4-6-8-9/h4-8H,1-3H3. The molecule has 11 heavy (non-hydrogen) atoms. The van der Waals surface area contributed by atoms with E-state index in [-0.39, 0.29) is 0 Å². The molecule has 0 aromatic heterocycles. The molecule has 0 aliphatic rings. The first-order valence-electron chi connectivity index (χ1n) is 3.91. The fourth-order valence-corrected chi connectivity index (χ4v) is 5.28. The Hall–Kier alpha value is -0.346. The molecule has 1 aromatic carbocycles. The monoisotopic (exact) mass is 178 g/mol. The maximum Gasteiger partial charge on any atom is 0.0705 e. The van der Waals surface area contributed by atoms with Gasteiger partial charge in [0, 0.05) is 7.59 Å². The summed E-state index contributed by atoms with van der Waals surface area (Å²) in [6, 6.07) is 10.8. The van der Waals surface area contributed by atoms with Crippen molar-refractivity contribution in [3.8, 4) is 0 Å². The molecule has 2 heteroatoms. The van der Waals surface area contributed by atoms with E-state index in [2.05, 4.69) is 50.0 Å². The van der Waals surface area contributed by atoms with Crippen LogP contribution in [-0.4, -0.2) is 16.6 Å². The lowest BCUT2D eigenvalue weighted by Crippen LogP contribution is -2.38. The van der Waals surface area contributed by atoms with E-state index in [1.807, 2.05) is 0 Å². The highest BCUT2D eigenvalue weighted by atomic mass is 29.2. The molecule has 2 radical (unpaired) electrons. The van der Waals surface area contributed by atoms with Crippen molar-refractivity contribution in [3.05, 3.63) is 30.3 Å². The smallest absolute Gasteiger partial charge is 0.0705 e. The Morgan fingerprint density at radius 2 is 1.55 bits per heavy atom. The van der Waals surface area contributed by atoms with Crippen LogP contribution in [-0.2, 0) is 0 Å². The summed E-state index contributed by atoms with van der Waals surface area (Å²) in [6.07, 6.45) is 0. The quantitative estimate of drug-likeness (QED) is 0.606. The van der Waals surface area contributed by atoms with Crippen LogP contribution >= 0.6 is 0 Å². The predicted molar refractivity (Wildman–Crippen MR) is 55.2 cm³/mol. The molecule has 0 nitrogen and oxygen atoms in total. The van der Waals surface area contributed by atoms with Crippen LogP contribution in [0.4, 0.5) is 0 Å². The largest absolute Gasteiger partial charge is 0.0716 e. The summed E-state index contributed by atoms with van der Waals surface area (Å²) in [6.45, 7) is 7.25. The highest BCUT2D eigenvalue weighted by Gasteiger charge is 2.14. The van der Waals surface area contributed by atoms with E-state index in [1.165, 1.54) is 5.19 Å². The molecule has 0 atom stereocenters. The molecular formula is C9H14Si2. The van der Waals surface area contributed by atoms with Gasteiger partial charge in [0.1, 0.15) is 0 Å². The molecule has 0 saturated heterocycles. The van der Waals surface area contributed by atoms with Gasteiger partial charge in [0.25, 0.3) is 0 Å². The normalized spacial score (nSPS) is 11.5. The Bertz CT molecular complexity index is 211. The fourth-order valence-electron chi connectivity index (χ4n) is 0.954. The van der Waals surface area contributed by atoms with Gasteiger partial charge in [-0.25, -0.2) is 0 Å². The SMILES string of the molecule is C[Si](C)(C)[Si]c1ccccc1. The summed E-state index contributed by atoms with van der Waals surface area (Å²) < 4.78 is 0. The predicted octanol–water partition coefficient (Wildman–Crippen LogP) is 1.85. The van der Waals surface area contributed by atoms with Gasteiger partial charge < -0.3 is 0 Å². The first-order chi connectivity index (χ1) is 5.08. The Kier molecular flexibility index (Phi) is 2.68. The summed E-state index contributed by atoms with van der Waals surface area (Å²) >= 11 is 0. The molecular weight excluding hydrogens is 164 g/mol. The van der Waals surface area contributed by atoms with E-state index in [9.17, 15) is 0 Å². The molecule has 0 unspecified atom stereocenters. The van der Waals surface area contributed by atoms with Crippen LogP contribution in [0.25, 0.3) is 0 Å². The average molecular weight is 178 g/mol. The molecule has 0 N–H and O–H groups in total. The molecule has 0 fully saturated rings. The molecule has 0 aliphatic heterocycles. The van der Waals surface area contributed by atoms with Crippen LogP contribution in [0.5, 0.6) is 0 Å². The molecule has 0 bridgehead atoms. The zero-order chi connectivity index (χ0) is 8.32. The second kappa shape index (κ2) is 3.37. The summed E-state index contributed by atoms with van der Waals surface area (Å²) in [5.41, 5.74) is 0. The zero-order valence-electron chi connectivity index (χ0n) is 7.39. The second-order valence-electron chi connectivity index (χ2n) is 3.74. The van der Waals surface area contributed by atoms with E-state index in [0.29, 0.717) is 0 Å². The first kappa shape index (κ1) is 8.75. The van der Waals surface area contributed by atoms with Crippen LogP contribution in [0.3, 0.4) is 0 Å². The van der Waals surface area contributed by atoms with Crippen molar-refractivity contribution in [1.29, 1.82) is 0 Å². The minimum absolute atomic E-state index is 0.870. The van der Waals surface area contributed by atoms with Crippen LogP contribution < -0.4 is 5.19 Å². The number of hydrogen-bond acceptors (Lipinski definition) is 0. The Morgan fingerprint density at radius 3 is 2.00 bits per heavy atom. The van der Waals surface area contributed by atoms with Crippen LogP contribution in [0, 0.1) is 0 Å². The molecule has 0 saturated carbocycles. The van der Waals surface area contributed by atoms with Gasteiger partial charge in [-0.05, 0) is 0 Å². The second-order valence-corrected chi connectivity index (χ2v) is 14.3. The van der Waals surface area contributed by atoms with Crippen LogP contribution in [0.15, 0.2) is 30.3 Å². The van der Waals surface area contributed by atoms with E-state index in [4.69, 9.17) is 0 Å². The zero-order valence-corrected chi connectivity index (χ0v) is 9.39. The molecule has 0 spiro atoms. The highest BCUT2D eigenvalue weighted by Crippen LogP contribution is 1.97. The topological polar surface area (TPSA) is 0 Å². The van der Waals surface area contributed by atoms with Gasteiger partial charge in [-0.3, -0.25) is 0 Å². The highest BCUT2D eigenvalue weighted by molar-refractivity contribution is 7.27. The van der Waals surface area contributed by atoms with Crippen molar-refractivity contribution in [2.75, 3.05) is 0 Å².